The number of methoxy groups -OCH3 is 1. The second-order valence-corrected chi connectivity index (χ2v) is 4.89. The predicted molar refractivity (Wildman–Crippen MR) is 68.3 cm³/mol. The van der Waals surface area contributed by atoms with E-state index in [1.54, 1.807) is 6.07 Å². The minimum Gasteiger partial charge on any atom is -0.463 e. The van der Waals surface area contributed by atoms with Gasteiger partial charge in [-0.15, -0.1) is 0 Å². The summed E-state index contributed by atoms with van der Waals surface area (Å²) in [5, 5.41) is 3.40. The van der Waals surface area contributed by atoms with E-state index in [9.17, 15) is 4.79 Å². The first-order valence-corrected chi connectivity index (χ1v) is 6.67. The number of carbonyl (C=O) groups excluding carboxylic acids is 1. The molecule has 1 fully saturated rings. The summed E-state index contributed by atoms with van der Waals surface area (Å²) in [4.78, 5) is 11.2. The zero-order valence-electron chi connectivity index (χ0n) is 10.9. The monoisotopic (exact) mass is 251 g/mol. The van der Waals surface area contributed by atoms with E-state index in [1.165, 1.54) is 39.2 Å². The maximum absolute atomic E-state index is 11.2. The average molecular weight is 251 g/mol. The quantitative estimate of drug-likeness (QED) is 0.817. The van der Waals surface area contributed by atoms with Crippen LogP contribution in [0, 0.1) is 5.92 Å². The number of esters is 1. The van der Waals surface area contributed by atoms with Gasteiger partial charge in [-0.25, -0.2) is 4.79 Å². The smallest absolute Gasteiger partial charge is 0.373 e. The molecule has 1 saturated carbocycles. The molecule has 0 aromatic carbocycles. The highest BCUT2D eigenvalue weighted by molar-refractivity contribution is 5.86. The van der Waals surface area contributed by atoms with Crippen LogP contribution < -0.4 is 5.32 Å². The molecule has 1 N–H and O–H groups in total. The summed E-state index contributed by atoms with van der Waals surface area (Å²) < 4.78 is 9.98. The third kappa shape index (κ3) is 3.60. The highest BCUT2D eigenvalue weighted by Gasteiger charge is 2.14. The minimum absolute atomic E-state index is 0.270. The van der Waals surface area contributed by atoms with Gasteiger partial charge in [0.25, 0.3) is 0 Å². The van der Waals surface area contributed by atoms with Crippen molar-refractivity contribution < 1.29 is 13.9 Å². The Balaban J connectivity index is 1.72. The molecule has 0 radical (unpaired) electrons. The molecule has 0 aliphatic heterocycles. The van der Waals surface area contributed by atoms with E-state index in [1.807, 2.05) is 6.07 Å². The van der Waals surface area contributed by atoms with Crippen molar-refractivity contribution in [3.8, 4) is 0 Å². The van der Waals surface area contributed by atoms with Crippen molar-refractivity contribution in [2.75, 3.05) is 13.7 Å². The van der Waals surface area contributed by atoms with Gasteiger partial charge in [0.05, 0.1) is 13.7 Å². The highest BCUT2D eigenvalue weighted by Crippen LogP contribution is 2.22. The van der Waals surface area contributed by atoms with Gasteiger partial charge in [-0.2, -0.15) is 0 Å². The molecule has 1 aliphatic rings. The number of carbonyl (C=O) groups is 1. The Morgan fingerprint density at radius 1 is 1.39 bits per heavy atom. The third-order valence-electron chi connectivity index (χ3n) is 3.51. The first kappa shape index (κ1) is 13.1. The van der Waals surface area contributed by atoms with Gasteiger partial charge < -0.3 is 14.5 Å². The van der Waals surface area contributed by atoms with Gasteiger partial charge in [0.15, 0.2) is 0 Å². The predicted octanol–water partition coefficient (Wildman–Crippen LogP) is 2.74. The van der Waals surface area contributed by atoms with E-state index in [2.05, 4.69) is 10.1 Å². The molecule has 0 unspecified atom stereocenters. The molecule has 0 atom stereocenters. The molecule has 18 heavy (non-hydrogen) atoms. The van der Waals surface area contributed by atoms with E-state index in [0.717, 1.165) is 18.2 Å². The van der Waals surface area contributed by atoms with Gasteiger partial charge in [0.2, 0.25) is 5.76 Å². The molecule has 1 aliphatic carbocycles. The first-order chi connectivity index (χ1) is 8.79. The fourth-order valence-electron chi connectivity index (χ4n) is 2.47. The summed E-state index contributed by atoms with van der Waals surface area (Å²) in [7, 11) is 1.35. The van der Waals surface area contributed by atoms with E-state index in [-0.39, 0.29) is 5.76 Å². The Labute approximate surface area is 108 Å². The maximum atomic E-state index is 11.2. The summed E-state index contributed by atoms with van der Waals surface area (Å²) in [5.74, 6) is 1.43. The molecule has 100 valence electrons. The van der Waals surface area contributed by atoms with Crippen LogP contribution >= 0.6 is 0 Å². The number of rotatable bonds is 5. The van der Waals surface area contributed by atoms with E-state index < -0.39 is 5.97 Å². The maximum Gasteiger partial charge on any atom is 0.373 e. The largest absolute Gasteiger partial charge is 0.463 e. The number of ether oxygens (including phenoxy) is 1. The van der Waals surface area contributed by atoms with Gasteiger partial charge >= 0.3 is 5.97 Å². The van der Waals surface area contributed by atoms with E-state index in [4.69, 9.17) is 4.42 Å². The van der Waals surface area contributed by atoms with E-state index >= 15 is 0 Å². The standard InChI is InChI=1S/C14H21NO3/c1-17-14(16)13-8-7-12(18-13)10-15-9-11-5-3-2-4-6-11/h7-8,11,15H,2-6,9-10H2,1H3. The fourth-order valence-corrected chi connectivity index (χ4v) is 2.47. The second-order valence-electron chi connectivity index (χ2n) is 4.89. The summed E-state index contributed by atoms with van der Waals surface area (Å²) in [6.07, 6.45) is 6.77. The topological polar surface area (TPSA) is 51.5 Å². The first-order valence-electron chi connectivity index (χ1n) is 6.67. The zero-order valence-corrected chi connectivity index (χ0v) is 10.9. The lowest BCUT2D eigenvalue weighted by Gasteiger charge is -2.21. The SMILES string of the molecule is COC(=O)c1ccc(CNCC2CCCCC2)o1. The molecular weight excluding hydrogens is 230 g/mol. The van der Waals surface area contributed by atoms with Crippen molar-refractivity contribution in [1.29, 1.82) is 0 Å². The van der Waals surface area contributed by atoms with Gasteiger partial charge in [0, 0.05) is 0 Å². The van der Waals surface area contributed by atoms with Crippen molar-refractivity contribution in [2.45, 2.75) is 38.6 Å². The van der Waals surface area contributed by atoms with Crippen molar-refractivity contribution in [3.05, 3.63) is 23.7 Å². The van der Waals surface area contributed by atoms with Crippen LogP contribution in [0.15, 0.2) is 16.5 Å². The molecule has 4 nitrogen and oxygen atoms in total. The van der Waals surface area contributed by atoms with Crippen LogP contribution in [-0.2, 0) is 11.3 Å². The summed E-state index contributed by atoms with van der Waals surface area (Å²) in [6, 6.07) is 3.48. The van der Waals surface area contributed by atoms with Crippen LogP contribution in [0.5, 0.6) is 0 Å². The van der Waals surface area contributed by atoms with Crippen LogP contribution in [-0.4, -0.2) is 19.6 Å². The van der Waals surface area contributed by atoms with Crippen molar-refractivity contribution in [2.24, 2.45) is 5.92 Å². The van der Waals surface area contributed by atoms with Crippen molar-refractivity contribution in [3.63, 3.8) is 0 Å². The van der Waals surface area contributed by atoms with Crippen LogP contribution in [0.25, 0.3) is 0 Å². The molecule has 2 rings (SSSR count). The normalized spacial score (nSPS) is 16.7. The van der Waals surface area contributed by atoms with Crippen LogP contribution in [0.1, 0.15) is 48.4 Å². The third-order valence-corrected chi connectivity index (χ3v) is 3.51. The highest BCUT2D eigenvalue weighted by atomic mass is 16.5. The lowest BCUT2D eigenvalue weighted by atomic mass is 9.89. The molecule has 0 bridgehead atoms. The van der Waals surface area contributed by atoms with Crippen molar-refractivity contribution >= 4 is 5.97 Å². The Bertz CT molecular complexity index is 380. The Morgan fingerprint density at radius 2 is 2.17 bits per heavy atom. The van der Waals surface area contributed by atoms with Gasteiger partial charge in [0.1, 0.15) is 5.76 Å². The Morgan fingerprint density at radius 3 is 2.89 bits per heavy atom. The van der Waals surface area contributed by atoms with Gasteiger partial charge in [-0.3, -0.25) is 0 Å². The lowest BCUT2D eigenvalue weighted by Crippen LogP contribution is -2.23. The molecule has 0 amide bonds. The fraction of sp³-hybridized carbons (Fsp3) is 0.643. The minimum atomic E-state index is -0.423. The van der Waals surface area contributed by atoms with Crippen molar-refractivity contribution in [1.82, 2.24) is 5.32 Å². The number of hydrogen-bond acceptors (Lipinski definition) is 4. The van der Waals surface area contributed by atoms with Crippen LogP contribution in [0.2, 0.25) is 0 Å². The summed E-state index contributed by atoms with van der Waals surface area (Å²) in [6.45, 7) is 1.71. The molecule has 1 heterocycles. The average Bonchev–Trinajstić information content (AvgIpc) is 2.88. The number of hydrogen-bond donors (Lipinski definition) is 1. The zero-order chi connectivity index (χ0) is 12.8. The second kappa shape index (κ2) is 6.59. The molecule has 1 aromatic heterocycles. The molecular formula is C14H21NO3. The number of furan rings is 1. The summed E-state index contributed by atoms with van der Waals surface area (Å²) in [5.41, 5.74) is 0. The van der Waals surface area contributed by atoms with Gasteiger partial charge in [-0.05, 0) is 37.4 Å². The molecule has 1 aromatic rings. The lowest BCUT2D eigenvalue weighted by molar-refractivity contribution is 0.0563. The molecule has 4 heteroatoms. The Hall–Kier alpha value is -1.29. The molecule has 0 spiro atoms. The number of nitrogens with one attached hydrogen (secondary N) is 1. The van der Waals surface area contributed by atoms with Crippen LogP contribution in [0.3, 0.4) is 0 Å². The summed E-state index contributed by atoms with van der Waals surface area (Å²) >= 11 is 0. The Kier molecular flexibility index (Phi) is 4.81. The van der Waals surface area contributed by atoms with Gasteiger partial charge in [-0.1, -0.05) is 19.3 Å². The van der Waals surface area contributed by atoms with E-state index in [0.29, 0.717) is 6.54 Å². The molecule has 0 saturated heterocycles. The van der Waals surface area contributed by atoms with Crippen LogP contribution in [0.4, 0.5) is 0 Å².